The Morgan fingerprint density at radius 3 is 2.88 bits per heavy atom. The van der Waals surface area contributed by atoms with Gasteiger partial charge in [0.25, 0.3) is 0 Å². The number of carbonyl (C=O) groups excluding carboxylic acids is 1. The number of anilines is 1. The molecule has 1 N–H and O–H groups in total. The van der Waals surface area contributed by atoms with E-state index in [9.17, 15) is 4.79 Å². The average Bonchev–Trinajstić information content (AvgIpc) is 2.76. The lowest BCUT2D eigenvalue weighted by atomic mass is 10.1. The maximum atomic E-state index is 11.3. The molecule has 1 atom stereocenters. The van der Waals surface area contributed by atoms with Gasteiger partial charge >= 0.3 is 0 Å². The van der Waals surface area contributed by atoms with Crippen molar-refractivity contribution in [2.45, 2.75) is 13.3 Å². The summed E-state index contributed by atoms with van der Waals surface area (Å²) in [5.74, 6) is 0.444. The molecule has 3 nitrogen and oxygen atoms in total. The highest BCUT2D eigenvalue weighted by molar-refractivity contribution is 9.10. The van der Waals surface area contributed by atoms with Crippen molar-refractivity contribution in [2.75, 3.05) is 24.6 Å². The summed E-state index contributed by atoms with van der Waals surface area (Å²) in [6.07, 6.45) is 1.03. The number of hydrogen-bond acceptors (Lipinski definition) is 3. The third kappa shape index (κ3) is 2.69. The van der Waals surface area contributed by atoms with Gasteiger partial charge in [-0.2, -0.15) is 0 Å². The van der Waals surface area contributed by atoms with Crippen LogP contribution in [0.5, 0.6) is 0 Å². The predicted octanol–water partition coefficient (Wildman–Crippen LogP) is 2.47. The van der Waals surface area contributed by atoms with Crippen molar-refractivity contribution < 1.29 is 9.90 Å². The summed E-state index contributed by atoms with van der Waals surface area (Å²) in [6.45, 7) is 3.68. The fraction of sp³-hybridized carbons (Fsp3) is 0.462. The highest BCUT2D eigenvalue weighted by Crippen LogP contribution is 2.28. The largest absolute Gasteiger partial charge is 0.396 e. The molecule has 1 heterocycles. The van der Waals surface area contributed by atoms with Crippen LogP contribution in [0, 0.1) is 5.92 Å². The highest BCUT2D eigenvalue weighted by Gasteiger charge is 2.22. The maximum Gasteiger partial charge on any atom is 0.160 e. The summed E-state index contributed by atoms with van der Waals surface area (Å²) < 4.78 is 0.843. The number of rotatable bonds is 3. The van der Waals surface area contributed by atoms with Gasteiger partial charge in [-0.25, -0.2) is 0 Å². The molecule has 1 aromatic rings. The van der Waals surface area contributed by atoms with Crippen LogP contribution in [-0.2, 0) is 0 Å². The van der Waals surface area contributed by atoms with E-state index in [4.69, 9.17) is 5.11 Å². The van der Waals surface area contributed by atoms with Gasteiger partial charge in [-0.15, -0.1) is 0 Å². The van der Waals surface area contributed by atoms with E-state index in [-0.39, 0.29) is 12.4 Å². The molecule has 2 rings (SSSR count). The molecule has 0 bridgehead atoms. The van der Waals surface area contributed by atoms with Gasteiger partial charge in [0.1, 0.15) is 0 Å². The molecule has 1 aliphatic heterocycles. The van der Waals surface area contributed by atoms with Crippen molar-refractivity contribution in [1.29, 1.82) is 0 Å². The van der Waals surface area contributed by atoms with Gasteiger partial charge in [0.2, 0.25) is 0 Å². The van der Waals surface area contributed by atoms with Gasteiger partial charge in [-0.1, -0.05) is 0 Å². The Kier molecular flexibility index (Phi) is 3.84. The molecule has 1 unspecified atom stereocenters. The molecule has 1 aromatic carbocycles. The number of nitrogens with zero attached hydrogens (tertiary/aromatic N) is 1. The molecule has 0 aromatic heterocycles. The lowest BCUT2D eigenvalue weighted by Crippen LogP contribution is -2.20. The second kappa shape index (κ2) is 5.19. The number of carbonyl (C=O) groups is 1. The minimum Gasteiger partial charge on any atom is -0.396 e. The lowest BCUT2D eigenvalue weighted by Gasteiger charge is -2.19. The number of ketones is 1. The molecule has 1 fully saturated rings. The van der Waals surface area contributed by atoms with Crippen LogP contribution < -0.4 is 4.90 Å². The molecule has 0 aliphatic carbocycles. The van der Waals surface area contributed by atoms with Crippen molar-refractivity contribution in [3.63, 3.8) is 0 Å². The van der Waals surface area contributed by atoms with Crippen LogP contribution in [0.15, 0.2) is 22.7 Å². The first-order valence-corrected chi connectivity index (χ1v) is 6.57. The minimum atomic E-state index is 0.0677. The van der Waals surface area contributed by atoms with E-state index in [1.165, 1.54) is 0 Å². The Morgan fingerprint density at radius 2 is 2.35 bits per heavy atom. The van der Waals surface area contributed by atoms with Crippen LogP contribution in [0.1, 0.15) is 23.7 Å². The molecule has 92 valence electrons. The van der Waals surface area contributed by atoms with Crippen molar-refractivity contribution >= 4 is 27.4 Å². The predicted molar refractivity (Wildman–Crippen MR) is 71.6 cm³/mol. The summed E-state index contributed by atoms with van der Waals surface area (Å²) >= 11 is 3.43. The Balaban J connectivity index is 2.18. The van der Waals surface area contributed by atoms with Crippen molar-refractivity contribution in [2.24, 2.45) is 5.92 Å². The Hall–Kier alpha value is -0.870. The molecule has 1 aliphatic rings. The van der Waals surface area contributed by atoms with Gasteiger partial charge in [0.15, 0.2) is 5.78 Å². The first kappa shape index (κ1) is 12.6. The second-order valence-electron chi connectivity index (χ2n) is 4.50. The third-order valence-electron chi connectivity index (χ3n) is 3.24. The van der Waals surface area contributed by atoms with E-state index < -0.39 is 0 Å². The van der Waals surface area contributed by atoms with Crippen LogP contribution in [0.3, 0.4) is 0 Å². The Morgan fingerprint density at radius 1 is 1.59 bits per heavy atom. The third-order valence-corrected chi connectivity index (χ3v) is 3.90. The number of benzene rings is 1. The quantitative estimate of drug-likeness (QED) is 0.872. The SMILES string of the molecule is CC(=O)c1ccc(N2CCC(CO)C2)cc1Br. The van der Waals surface area contributed by atoms with E-state index in [0.717, 1.165) is 29.7 Å². The summed E-state index contributed by atoms with van der Waals surface area (Å²) in [4.78, 5) is 13.6. The standard InChI is InChI=1S/C13H16BrNO2/c1-9(17)12-3-2-11(6-13(12)14)15-5-4-10(7-15)8-16/h2-3,6,10,16H,4-5,7-8H2,1H3. The van der Waals surface area contributed by atoms with Gasteiger partial charge < -0.3 is 10.0 Å². The number of aliphatic hydroxyl groups is 1. The summed E-state index contributed by atoms with van der Waals surface area (Å²) in [7, 11) is 0. The molecule has 4 heteroatoms. The zero-order valence-electron chi connectivity index (χ0n) is 9.82. The molecule has 1 saturated heterocycles. The maximum absolute atomic E-state index is 11.3. The smallest absolute Gasteiger partial charge is 0.160 e. The van der Waals surface area contributed by atoms with E-state index in [0.29, 0.717) is 11.5 Å². The monoisotopic (exact) mass is 297 g/mol. The van der Waals surface area contributed by atoms with Gasteiger partial charge in [0, 0.05) is 41.3 Å². The van der Waals surface area contributed by atoms with Crippen molar-refractivity contribution in [1.82, 2.24) is 0 Å². The van der Waals surface area contributed by atoms with Crippen LogP contribution in [0.4, 0.5) is 5.69 Å². The van der Waals surface area contributed by atoms with Crippen LogP contribution >= 0.6 is 15.9 Å². The fourth-order valence-corrected chi connectivity index (χ4v) is 2.85. The van der Waals surface area contributed by atoms with Gasteiger partial charge in [0.05, 0.1) is 0 Å². The fourth-order valence-electron chi connectivity index (χ4n) is 2.20. The Bertz CT molecular complexity index is 433. The van der Waals surface area contributed by atoms with Crippen LogP contribution in [0.2, 0.25) is 0 Å². The first-order valence-electron chi connectivity index (χ1n) is 5.78. The van der Waals surface area contributed by atoms with E-state index in [1.54, 1.807) is 6.92 Å². The average molecular weight is 298 g/mol. The summed E-state index contributed by atoms with van der Waals surface area (Å²) in [5, 5.41) is 9.12. The topological polar surface area (TPSA) is 40.5 Å². The Labute approximate surface area is 110 Å². The lowest BCUT2D eigenvalue weighted by molar-refractivity contribution is 0.101. The molecule has 0 spiro atoms. The normalized spacial score (nSPS) is 19.7. The number of hydrogen-bond donors (Lipinski definition) is 1. The zero-order chi connectivity index (χ0) is 12.4. The van der Waals surface area contributed by atoms with Gasteiger partial charge in [-0.3, -0.25) is 4.79 Å². The van der Waals surface area contributed by atoms with Crippen molar-refractivity contribution in [3.05, 3.63) is 28.2 Å². The molecule has 0 amide bonds. The molecular weight excluding hydrogens is 282 g/mol. The van der Waals surface area contributed by atoms with E-state index in [2.05, 4.69) is 20.8 Å². The summed E-state index contributed by atoms with van der Waals surface area (Å²) in [5.41, 5.74) is 1.82. The van der Waals surface area contributed by atoms with Gasteiger partial charge in [-0.05, 0) is 47.5 Å². The summed E-state index contributed by atoms with van der Waals surface area (Å²) in [6, 6.07) is 5.81. The van der Waals surface area contributed by atoms with E-state index >= 15 is 0 Å². The van der Waals surface area contributed by atoms with Crippen LogP contribution in [-0.4, -0.2) is 30.6 Å². The number of Topliss-reactive ketones (excluding diaryl/α,β-unsaturated/α-hetero) is 1. The highest BCUT2D eigenvalue weighted by atomic mass is 79.9. The van der Waals surface area contributed by atoms with Crippen molar-refractivity contribution in [3.8, 4) is 0 Å². The number of aliphatic hydroxyl groups excluding tert-OH is 1. The molecular formula is C13H16BrNO2. The van der Waals surface area contributed by atoms with E-state index in [1.807, 2.05) is 18.2 Å². The molecule has 0 saturated carbocycles. The molecule has 0 radical (unpaired) electrons. The van der Waals surface area contributed by atoms with Crippen LogP contribution in [0.25, 0.3) is 0 Å². The zero-order valence-corrected chi connectivity index (χ0v) is 11.4. The molecule has 17 heavy (non-hydrogen) atoms. The minimum absolute atomic E-state index is 0.0677. The second-order valence-corrected chi connectivity index (χ2v) is 5.36. The first-order chi connectivity index (χ1) is 8.11. The number of halogens is 1.